The van der Waals surface area contributed by atoms with Crippen LogP contribution in [0.4, 0.5) is 4.39 Å². The van der Waals surface area contributed by atoms with Crippen molar-refractivity contribution >= 4 is 11.6 Å². The minimum Gasteiger partial charge on any atom is -0.327 e. The zero-order valence-corrected chi connectivity index (χ0v) is 11.9. The molecule has 0 aromatic heterocycles. The van der Waals surface area contributed by atoms with Crippen molar-refractivity contribution in [1.29, 1.82) is 0 Å². The molecule has 0 fully saturated rings. The summed E-state index contributed by atoms with van der Waals surface area (Å²) in [5, 5.41) is 0.168. The van der Waals surface area contributed by atoms with E-state index in [1.54, 1.807) is 18.2 Å². The largest absolute Gasteiger partial charge is 0.327 e. The summed E-state index contributed by atoms with van der Waals surface area (Å²) in [6, 6.07) is 13.4. The average Bonchev–Trinajstić information content (AvgIpc) is 2.88. The van der Waals surface area contributed by atoms with Gasteiger partial charge < -0.3 is 5.73 Å². The van der Waals surface area contributed by atoms with Gasteiger partial charge in [0, 0.05) is 6.04 Å². The molecule has 2 aromatic carbocycles. The predicted molar refractivity (Wildman–Crippen MR) is 80.6 cm³/mol. The van der Waals surface area contributed by atoms with E-state index in [0.717, 1.165) is 12.8 Å². The number of hydrogen-bond acceptors (Lipinski definition) is 1. The van der Waals surface area contributed by atoms with Gasteiger partial charge in [-0.2, -0.15) is 0 Å². The first-order chi connectivity index (χ1) is 9.66. The van der Waals surface area contributed by atoms with E-state index >= 15 is 0 Å². The number of fused-ring (bicyclic) bond motifs is 1. The van der Waals surface area contributed by atoms with E-state index in [0.29, 0.717) is 17.9 Å². The normalized spacial score (nSPS) is 18.9. The maximum Gasteiger partial charge on any atom is 0.145 e. The van der Waals surface area contributed by atoms with Gasteiger partial charge in [0.1, 0.15) is 5.82 Å². The molecule has 1 aliphatic rings. The summed E-state index contributed by atoms with van der Waals surface area (Å²) in [6.45, 7) is 0. The van der Waals surface area contributed by atoms with Crippen molar-refractivity contribution in [1.82, 2.24) is 0 Å². The first-order valence-electron chi connectivity index (χ1n) is 6.93. The lowest BCUT2D eigenvalue weighted by atomic mass is 9.89. The van der Waals surface area contributed by atoms with Crippen LogP contribution in [0.3, 0.4) is 0 Å². The van der Waals surface area contributed by atoms with Gasteiger partial charge >= 0.3 is 0 Å². The molecule has 0 heterocycles. The molecule has 0 amide bonds. The molecule has 1 aliphatic carbocycles. The lowest BCUT2D eigenvalue weighted by Crippen LogP contribution is -2.30. The second kappa shape index (κ2) is 5.55. The molecule has 3 heteroatoms. The van der Waals surface area contributed by atoms with Gasteiger partial charge in [0.05, 0.1) is 5.02 Å². The van der Waals surface area contributed by atoms with Gasteiger partial charge in [-0.05, 0) is 47.9 Å². The van der Waals surface area contributed by atoms with Crippen LogP contribution in [0.1, 0.15) is 29.0 Å². The Morgan fingerprint density at radius 2 is 2.00 bits per heavy atom. The smallest absolute Gasteiger partial charge is 0.145 e. The number of benzene rings is 2. The van der Waals surface area contributed by atoms with Crippen LogP contribution in [-0.2, 0) is 12.8 Å². The molecule has 2 unspecified atom stereocenters. The van der Waals surface area contributed by atoms with Gasteiger partial charge in [0.15, 0.2) is 0 Å². The standard InChI is InChI=1S/C17H17ClFN/c18-15-7-3-5-12(17(15)19)10-16(20)14-9-8-11-4-1-2-6-13(11)14/h1-7,14,16H,8-10,20H2. The quantitative estimate of drug-likeness (QED) is 0.905. The van der Waals surface area contributed by atoms with E-state index in [2.05, 4.69) is 18.2 Å². The minimum atomic E-state index is -0.337. The maximum atomic E-state index is 14.0. The summed E-state index contributed by atoms with van der Waals surface area (Å²) in [4.78, 5) is 0. The Kier molecular flexibility index (Phi) is 3.77. The fourth-order valence-corrected chi connectivity index (χ4v) is 3.33. The van der Waals surface area contributed by atoms with Crippen molar-refractivity contribution < 1.29 is 4.39 Å². The summed E-state index contributed by atoms with van der Waals surface area (Å²) >= 11 is 5.82. The molecule has 20 heavy (non-hydrogen) atoms. The number of halogens is 2. The van der Waals surface area contributed by atoms with Gasteiger partial charge in [-0.1, -0.05) is 48.0 Å². The molecule has 0 aliphatic heterocycles. The van der Waals surface area contributed by atoms with Gasteiger partial charge in [-0.15, -0.1) is 0 Å². The molecule has 2 atom stereocenters. The molecule has 3 rings (SSSR count). The van der Waals surface area contributed by atoms with Gasteiger partial charge in [0.25, 0.3) is 0 Å². The number of aryl methyl sites for hydroxylation is 1. The van der Waals surface area contributed by atoms with Crippen LogP contribution in [0, 0.1) is 5.82 Å². The van der Waals surface area contributed by atoms with Crippen molar-refractivity contribution in [3.05, 3.63) is 70.0 Å². The van der Waals surface area contributed by atoms with Crippen LogP contribution in [0.5, 0.6) is 0 Å². The van der Waals surface area contributed by atoms with E-state index in [4.69, 9.17) is 17.3 Å². The Labute approximate surface area is 123 Å². The van der Waals surface area contributed by atoms with Crippen molar-refractivity contribution in [3.8, 4) is 0 Å². The molecule has 104 valence electrons. The van der Waals surface area contributed by atoms with Gasteiger partial charge in [-0.3, -0.25) is 0 Å². The van der Waals surface area contributed by atoms with E-state index in [9.17, 15) is 4.39 Å². The van der Waals surface area contributed by atoms with E-state index < -0.39 is 0 Å². The number of hydrogen-bond donors (Lipinski definition) is 1. The fraction of sp³-hybridized carbons (Fsp3) is 0.294. The highest BCUT2D eigenvalue weighted by Crippen LogP contribution is 2.35. The minimum absolute atomic E-state index is 0.0772. The van der Waals surface area contributed by atoms with Crippen molar-refractivity contribution in [3.63, 3.8) is 0 Å². The summed E-state index contributed by atoms with van der Waals surface area (Å²) < 4.78 is 14.0. The van der Waals surface area contributed by atoms with Crippen LogP contribution < -0.4 is 5.73 Å². The zero-order valence-electron chi connectivity index (χ0n) is 11.2. The highest BCUT2D eigenvalue weighted by molar-refractivity contribution is 6.30. The molecule has 0 bridgehead atoms. The second-order valence-corrected chi connectivity index (χ2v) is 5.83. The van der Waals surface area contributed by atoms with Crippen molar-refractivity contribution in [2.45, 2.75) is 31.2 Å². The fourth-order valence-electron chi connectivity index (χ4n) is 3.14. The van der Waals surface area contributed by atoms with E-state index in [-0.39, 0.29) is 16.9 Å². The van der Waals surface area contributed by atoms with Crippen LogP contribution in [0.15, 0.2) is 42.5 Å². The molecule has 2 N–H and O–H groups in total. The molecule has 0 saturated heterocycles. The molecule has 2 aromatic rings. The van der Waals surface area contributed by atoms with Crippen LogP contribution in [0.25, 0.3) is 0 Å². The second-order valence-electron chi connectivity index (χ2n) is 5.42. The topological polar surface area (TPSA) is 26.0 Å². The van der Waals surface area contributed by atoms with Gasteiger partial charge in [-0.25, -0.2) is 4.39 Å². The Bertz CT molecular complexity index is 626. The van der Waals surface area contributed by atoms with Crippen LogP contribution >= 0.6 is 11.6 Å². The monoisotopic (exact) mass is 289 g/mol. The number of rotatable bonds is 3. The molecular weight excluding hydrogens is 273 g/mol. The Morgan fingerprint density at radius 1 is 1.20 bits per heavy atom. The highest BCUT2D eigenvalue weighted by Gasteiger charge is 2.27. The lowest BCUT2D eigenvalue weighted by Gasteiger charge is -2.21. The van der Waals surface area contributed by atoms with Crippen LogP contribution in [-0.4, -0.2) is 6.04 Å². The summed E-state index contributed by atoms with van der Waals surface area (Å²) in [5.41, 5.74) is 9.64. The van der Waals surface area contributed by atoms with Crippen LogP contribution in [0.2, 0.25) is 5.02 Å². The molecular formula is C17H17ClFN. The molecule has 0 radical (unpaired) electrons. The Morgan fingerprint density at radius 3 is 2.85 bits per heavy atom. The van der Waals surface area contributed by atoms with E-state index in [1.165, 1.54) is 11.1 Å². The lowest BCUT2D eigenvalue weighted by molar-refractivity contribution is 0.510. The SMILES string of the molecule is NC(Cc1cccc(Cl)c1F)C1CCc2ccccc21. The van der Waals surface area contributed by atoms with Gasteiger partial charge in [0.2, 0.25) is 0 Å². The molecule has 1 nitrogen and oxygen atoms in total. The zero-order chi connectivity index (χ0) is 14.1. The first kappa shape index (κ1) is 13.6. The highest BCUT2D eigenvalue weighted by atomic mass is 35.5. The first-order valence-corrected chi connectivity index (χ1v) is 7.31. The third-order valence-electron chi connectivity index (χ3n) is 4.18. The maximum absolute atomic E-state index is 14.0. The van der Waals surface area contributed by atoms with Crippen molar-refractivity contribution in [2.75, 3.05) is 0 Å². The van der Waals surface area contributed by atoms with Crippen molar-refractivity contribution in [2.24, 2.45) is 5.73 Å². The average molecular weight is 290 g/mol. The number of nitrogens with two attached hydrogens (primary N) is 1. The summed E-state index contributed by atoms with van der Waals surface area (Å²) in [5.74, 6) is -0.0273. The summed E-state index contributed by atoms with van der Waals surface area (Å²) in [6.07, 6.45) is 2.63. The molecule has 0 saturated carbocycles. The summed E-state index contributed by atoms with van der Waals surface area (Å²) in [7, 11) is 0. The predicted octanol–water partition coefficient (Wildman–Crippen LogP) is 4.08. The Hall–Kier alpha value is -1.38. The third-order valence-corrected chi connectivity index (χ3v) is 4.48. The third kappa shape index (κ3) is 2.46. The Balaban J connectivity index is 1.81. The van der Waals surface area contributed by atoms with E-state index in [1.807, 2.05) is 6.07 Å². The molecule has 0 spiro atoms.